The third-order valence-electron chi connectivity index (χ3n) is 5.11. The summed E-state index contributed by atoms with van der Waals surface area (Å²) in [6.45, 7) is 0. The Bertz CT molecular complexity index is 1430. The van der Waals surface area contributed by atoms with Gasteiger partial charge in [0.1, 0.15) is 0 Å². The predicted molar refractivity (Wildman–Crippen MR) is 130 cm³/mol. The third kappa shape index (κ3) is 4.65. The van der Waals surface area contributed by atoms with Gasteiger partial charge < -0.3 is 4.84 Å². The van der Waals surface area contributed by atoms with Crippen molar-refractivity contribution in [3.63, 3.8) is 0 Å². The number of para-hydroxylation sites is 1. The molecule has 2 N–H and O–H groups in total. The summed E-state index contributed by atoms with van der Waals surface area (Å²) >= 11 is 0. The number of H-pyrrole nitrogens is 1. The van der Waals surface area contributed by atoms with E-state index < -0.39 is 0 Å². The van der Waals surface area contributed by atoms with Crippen LogP contribution in [0.15, 0.2) is 97.2 Å². The van der Waals surface area contributed by atoms with Gasteiger partial charge in [-0.05, 0) is 60.7 Å². The van der Waals surface area contributed by atoms with Gasteiger partial charge in [0.05, 0.1) is 22.6 Å². The summed E-state index contributed by atoms with van der Waals surface area (Å²) in [4.78, 5) is 23.0. The number of benzene rings is 3. The van der Waals surface area contributed by atoms with Gasteiger partial charge in [-0.25, -0.2) is 5.48 Å². The van der Waals surface area contributed by atoms with Gasteiger partial charge in [-0.15, -0.1) is 0 Å². The number of nitrogens with one attached hydrogen (secondary N) is 2. The van der Waals surface area contributed by atoms with Crippen molar-refractivity contribution in [3.05, 3.63) is 120 Å². The molecule has 0 amide bonds. The van der Waals surface area contributed by atoms with E-state index in [1.54, 1.807) is 18.3 Å². The highest BCUT2D eigenvalue weighted by Gasteiger charge is 2.12. The van der Waals surface area contributed by atoms with Crippen LogP contribution in [0.25, 0.3) is 23.1 Å². The lowest BCUT2D eigenvalue weighted by atomic mass is 10.0. The summed E-state index contributed by atoms with van der Waals surface area (Å²) in [5, 5.41) is 8.32. The topological polar surface area (TPSA) is 79.9 Å². The van der Waals surface area contributed by atoms with Gasteiger partial charge in [0.2, 0.25) is 0 Å². The van der Waals surface area contributed by atoms with Crippen molar-refractivity contribution < 1.29 is 9.63 Å². The largest absolute Gasteiger partial charge is 0.382 e. The number of carbonyl (C=O) groups is 1. The number of aromatic nitrogens is 3. The van der Waals surface area contributed by atoms with Gasteiger partial charge in [0.25, 0.3) is 0 Å². The molecular formula is C27H20N4O2. The molecule has 0 radical (unpaired) electrons. The molecule has 0 atom stereocenters. The van der Waals surface area contributed by atoms with Crippen LogP contribution in [-0.2, 0) is 0 Å². The van der Waals surface area contributed by atoms with Crippen molar-refractivity contribution in [2.75, 3.05) is 5.48 Å². The Hall–Kier alpha value is -4.71. The zero-order chi connectivity index (χ0) is 22.5. The van der Waals surface area contributed by atoms with Crippen molar-refractivity contribution in [1.29, 1.82) is 0 Å². The molecule has 0 fully saturated rings. The highest BCUT2D eigenvalue weighted by atomic mass is 16.6. The second-order valence-corrected chi connectivity index (χ2v) is 7.38. The normalized spacial score (nSPS) is 11.0. The standard InChI is InChI=1S/C27H20N4O2/c32-27(19-7-6-9-22(17-19)31-33-23-10-2-1-3-11-23)20-12-14-24-25(29-30-26(24)18-20)15-13-21-8-4-5-16-28-21/h1-18,31H,(H,29,30)/b15-13+. The van der Waals surface area contributed by atoms with E-state index in [0.29, 0.717) is 22.6 Å². The van der Waals surface area contributed by atoms with Crippen molar-refractivity contribution in [3.8, 4) is 5.75 Å². The first-order chi connectivity index (χ1) is 16.3. The fourth-order valence-corrected chi connectivity index (χ4v) is 3.44. The van der Waals surface area contributed by atoms with E-state index in [1.165, 1.54) is 0 Å². The minimum atomic E-state index is -0.0829. The Morgan fingerprint density at radius 2 is 1.70 bits per heavy atom. The van der Waals surface area contributed by atoms with Gasteiger partial charge in [-0.3, -0.25) is 14.9 Å². The van der Waals surface area contributed by atoms with Crippen LogP contribution in [0.1, 0.15) is 27.3 Å². The molecule has 5 rings (SSSR count). The van der Waals surface area contributed by atoms with Gasteiger partial charge >= 0.3 is 0 Å². The van der Waals surface area contributed by atoms with Crippen molar-refractivity contribution in [2.24, 2.45) is 0 Å². The molecule has 3 aromatic carbocycles. The van der Waals surface area contributed by atoms with Crippen molar-refractivity contribution in [1.82, 2.24) is 15.2 Å². The Labute approximate surface area is 190 Å². The van der Waals surface area contributed by atoms with Crippen LogP contribution in [-0.4, -0.2) is 21.0 Å². The molecule has 0 spiro atoms. The molecule has 0 bridgehead atoms. The van der Waals surface area contributed by atoms with Crippen LogP contribution in [0, 0.1) is 0 Å². The van der Waals surface area contributed by atoms with Gasteiger partial charge in [-0.2, -0.15) is 5.10 Å². The van der Waals surface area contributed by atoms with E-state index in [-0.39, 0.29) is 5.78 Å². The zero-order valence-corrected chi connectivity index (χ0v) is 17.6. The van der Waals surface area contributed by atoms with Gasteiger partial charge in [0, 0.05) is 22.7 Å². The lowest BCUT2D eigenvalue weighted by Gasteiger charge is -2.09. The summed E-state index contributed by atoms with van der Waals surface area (Å²) in [5.74, 6) is 0.604. The minimum absolute atomic E-state index is 0.0829. The van der Waals surface area contributed by atoms with E-state index in [4.69, 9.17) is 4.84 Å². The number of nitrogens with zero attached hydrogens (tertiary/aromatic N) is 2. The van der Waals surface area contributed by atoms with Gasteiger partial charge in [0.15, 0.2) is 11.5 Å². The molecule has 0 aliphatic heterocycles. The summed E-state index contributed by atoms with van der Waals surface area (Å²) < 4.78 is 0. The van der Waals surface area contributed by atoms with Crippen molar-refractivity contribution >= 4 is 34.5 Å². The Kier molecular flexibility index (Phi) is 5.63. The van der Waals surface area contributed by atoms with E-state index in [0.717, 1.165) is 22.3 Å². The molecule has 0 saturated carbocycles. The number of rotatable bonds is 7. The van der Waals surface area contributed by atoms with Crippen LogP contribution < -0.4 is 10.3 Å². The van der Waals surface area contributed by atoms with E-state index in [2.05, 4.69) is 20.7 Å². The summed E-state index contributed by atoms with van der Waals surface area (Å²) in [5.41, 5.74) is 7.15. The van der Waals surface area contributed by atoms with E-state index >= 15 is 0 Å². The number of hydrogen-bond donors (Lipinski definition) is 2. The molecule has 0 aliphatic carbocycles. The van der Waals surface area contributed by atoms with Crippen LogP contribution >= 0.6 is 0 Å². The van der Waals surface area contributed by atoms with E-state index in [9.17, 15) is 4.79 Å². The average Bonchev–Trinajstić information content (AvgIpc) is 3.29. The molecular weight excluding hydrogens is 412 g/mol. The number of carbonyl (C=O) groups excluding carboxylic acids is 1. The SMILES string of the molecule is O=C(c1cccc(NOc2ccccc2)c1)c1ccc2c(/C=C/c3ccccn3)n[nH]c2c1. The van der Waals surface area contributed by atoms with Crippen LogP contribution in [0.2, 0.25) is 0 Å². The van der Waals surface area contributed by atoms with Gasteiger partial charge in [-0.1, -0.05) is 42.5 Å². The minimum Gasteiger partial charge on any atom is -0.382 e. The fourth-order valence-electron chi connectivity index (χ4n) is 3.44. The Morgan fingerprint density at radius 1 is 0.848 bits per heavy atom. The van der Waals surface area contributed by atoms with Crippen LogP contribution in [0.5, 0.6) is 5.75 Å². The monoisotopic (exact) mass is 432 g/mol. The molecule has 5 aromatic rings. The van der Waals surface area contributed by atoms with Crippen LogP contribution in [0.3, 0.4) is 0 Å². The summed E-state index contributed by atoms with van der Waals surface area (Å²) in [6.07, 6.45) is 5.56. The fraction of sp³-hybridized carbons (Fsp3) is 0. The molecule has 6 heteroatoms. The molecule has 2 aromatic heterocycles. The smallest absolute Gasteiger partial charge is 0.193 e. The third-order valence-corrected chi connectivity index (χ3v) is 5.11. The highest BCUT2D eigenvalue weighted by Crippen LogP contribution is 2.22. The summed E-state index contributed by atoms with van der Waals surface area (Å²) in [7, 11) is 0. The number of fused-ring (bicyclic) bond motifs is 1. The molecule has 2 heterocycles. The molecule has 6 nitrogen and oxygen atoms in total. The second kappa shape index (κ2) is 9.20. The number of anilines is 1. The maximum atomic E-state index is 13.1. The molecule has 0 unspecified atom stereocenters. The first-order valence-corrected chi connectivity index (χ1v) is 10.5. The number of pyridine rings is 1. The number of aromatic amines is 1. The quantitative estimate of drug-likeness (QED) is 0.252. The summed E-state index contributed by atoms with van der Waals surface area (Å²) in [6, 6.07) is 27.9. The number of ketones is 1. The average molecular weight is 432 g/mol. The highest BCUT2D eigenvalue weighted by molar-refractivity contribution is 6.11. The first-order valence-electron chi connectivity index (χ1n) is 10.5. The van der Waals surface area contributed by atoms with E-state index in [1.807, 2.05) is 91.0 Å². The second-order valence-electron chi connectivity index (χ2n) is 7.38. The lowest BCUT2D eigenvalue weighted by Crippen LogP contribution is -2.06. The molecule has 160 valence electrons. The first kappa shape index (κ1) is 20.2. The maximum absolute atomic E-state index is 13.1. The molecule has 33 heavy (non-hydrogen) atoms. The molecule has 0 aliphatic rings. The maximum Gasteiger partial charge on any atom is 0.193 e. The Morgan fingerprint density at radius 3 is 2.55 bits per heavy atom. The molecule has 0 saturated heterocycles. The van der Waals surface area contributed by atoms with Crippen molar-refractivity contribution in [2.45, 2.75) is 0 Å². The Balaban J connectivity index is 1.34. The zero-order valence-electron chi connectivity index (χ0n) is 17.6. The lowest BCUT2D eigenvalue weighted by molar-refractivity contribution is 0.103. The van der Waals surface area contributed by atoms with Crippen LogP contribution in [0.4, 0.5) is 5.69 Å². The predicted octanol–water partition coefficient (Wildman–Crippen LogP) is 5.77. The number of hydrogen-bond acceptors (Lipinski definition) is 5.